The second-order valence-corrected chi connectivity index (χ2v) is 4.91. The van der Waals surface area contributed by atoms with Gasteiger partial charge in [0.1, 0.15) is 12.7 Å². The number of amides is 1. The highest BCUT2D eigenvalue weighted by molar-refractivity contribution is 6.04. The number of anilines is 1. The van der Waals surface area contributed by atoms with Gasteiger partial charge in [-0.05, 0) is 42.5 Å². The van der Waals surface area contributed by atoms with Crippen molar-refractivity contribution in [2.24, 2.45) is 0 Å². The Morgan fingerprint density at radius 1 is 1.09 bits per heavy atom. The third kappa shape index (κ3) is 2.59. The van der Waals surface area contributed by atoms with E-state index < -0.39 is 0 Å². The van der Waals surface area contributed by atoms with Crippen molar-refractivity contribution >= 4 is 11.6 Å². The van der Waals surface area contributed by atoms with Crippen molar-refractivity contribution in [1.82, 2.24) is 14.8 Å². The monoisotopic (exact) mass is 308 g/mol. The lowest BCUT2D eigenvalue weighted by Gasteiger charge is -2.07. The van der Waals surface area contributed by atoms with Crippen molar-refractivity contribution in [2.75, 3.05) is 12.1 Å². The van der Waals surface area contributed by atoms with E-state index in [1.54, 1.807) is 29.2 Å². The molecule has 0 spiro atoms. The molecule has 0 radical (unpaired) electrons. The zero-order valence-corrected chi connectivity index (χ0v) is 12.0. The number of ether oxygens (including phenoxy) is 2. The van der Waals surface area contributed by atoms with Gasteiger partial charge in [0.05, 0.1) is 5.69 Å². The summed E-state index contributed by atoms with van der Waals surface area (Å²) in [6, 6.07) is 12.4. The summed E-state index contributed by atoms with van der Waals surface area (Å²) in [6.07, 6.45) is 3.08. The zero-order chi connectivity index (χ0) is 15.6. The topological polar surface area (TPSA) is 78.3 Å². The summed E-state index contributed by atoms with van der Waals surface area (Å²) in [7, 11) is 0. The van der Waals surface area contributed by atoms with Crippen LogP contribution < -0.4 is 14.8 Å². The molecular formula is C16H12N4O3. The van der Waals surface area contributed by atoms with Crippen LogP contribution in [0.3, 0.4) is 0 Å². The van der Waals surface area contributed by atoms with Crippen LogP contribution in [0.1, 0.15) is 10.4 Å². The van der Waals surface area contributed by atoms with Gasteiger partial charge in [0.2, 0.25) is 6.79 Å². The van der Waals surface area contributed by atoms with E-state index in [1.807, 2.05) is 24.3 Å². The summed E-state index contributed by atoms with van der Waals surface area (Å²) in [5, 5.41) is 6.89. The molecule has 23 heavy (non-hydrogen) atoms. The number of carbonyl (C=O) groups is 1. The molecule has 1 aromatic heterocycles. The van der Waals surface area contributed by atoms with Gasteiger partial charge in [-0.15, -0.1) is 0 Å². The highest BCUT2D eigenvalue weighted by Gasteiger charge is 2.16. The van der Waals surface area contributed by atoms with E-state index in [9.17, 15) is 4.79 Å². The second kappa shape index (κ2) is 5.45. The van der Waals surface area contributed by atoms with Crippen molar-refractivity contribution < 1.29 is 14.3 Å². The minimum atomic E-state index is -0.211. The van der Waals surface area contributed by atoms with E-state index in [-0.39, 0.29) is 12.7 Å². The van der Waals surface area contributed by atoms with Crippen molar-refractivity contribution in [3.05, 3.63) is 60.7 Å². The Morgan fingerprint density at radius 3 is 2.70 bits per heavy atom. The van der Waals surface area contributed by atoms with Crippen LogP contribution in [-0.4, -0.2) is 27.5 Å². The SMILES string of the molecule is O=C(Nc1ccc(-n2cncn2)cc1)c1ccc2c(c1)OCO2. The number of hydrogen-bond donors (Lipinski definition) is 1. The zero-order valence-electron chi connectivity index (χ0n) is 12.0. The van der Waals surface area contributed by atoms with Gasteiger partial charge in [-0.1, -0.05) is 0 Å². The molecule has 1 amide bonds. The van der Waals surface area contributed by atoms with Gasteiger partial charge < -0.3 is 14.8 Å². The number of rotatable bonds is 3. The molecule has 0 fully saturated rings. The van der Waals surface area contributed by atoms with Crippen LogP contribution in [0.15, 0.2) is 55.1 Å². The van der Waals surface area contributed by atoms with Crippen molar-refractivity contribution in [3.63, 3.8) is 0 Å². The average Bonchev–Trinajstić information content (AvgIpc) is 3.26. The predicted octanol–water partition coefficient (Wildman–Crippen LogP) is 2.25. The summed E-state index contributed by atoms with van der Waals surface area (Å²) in [4.78, 5) is 16.2. The Bertz CT molecular complexity index is 844. The molecule has 1 N–H and O–H groups in total. The molecule has 0 aliphatic carbocycles. The third-order valence-electron chi connectivity index (χ3n) is 3.44. The van der Waals surface area contributed by atoms with E-state index >= 15 is 0 Å². The molecule has 0 saturated carbocycles. The first-order valence-electron chi connectivity index (χ1n) is 6.96. The Labute approximate surface area is 131 Å². The van der Waals surface area contributed by atoms with Crippen LogP contribution in [0.25, 0.3) is 5.69 Å². The molecule has 0 unspecified atom stereocenters. The van der Waals surface area contributed by atoms with E-state index in [1.165, 1.54) is 6.33 Å². The van der Waals surface area contributed by atoms with Crippen LogP contribution in [0.4, 0.5) is 5.69 Å². The minimum Gasteiger partial charge on any atom is -0.454 e. The fraction of sp³-hybridized carbons (Fsp3) is 0.0625. The quantitative estimate of drug-likeness (QED) is 0.803. The molecule has 4 rings (SSSR count). The van der Waals surface area contributed by atoms with Crippen LogP contribution in [0.5, 0.6) is 11.5 Å². The van der Waals surface area contributed by atoms with Gasteiger partial charge in [0, 0.05) is 11.3 Å². The van der Waals surface area contributed by atoms with Crippen molar-refractivity contribution in [1.29, 1.82) is 0 Å². The number of nitrogens with one attached hydrogen (secondary N) is 1. The molecule has 7 nitrogen and oxygen atoms in total. The van der Waals surface area contributed by atoms with Crippen molar-refractivity contribution in [3.8, 4) is 17.2 Å². The smallest absolute Gasteiger partial charge is 0.255 e. The fourth-order valence-corrected chi connectivity index (χ4v) is 2.28. The molecule has 0 saturated heterocycles. The molecular weight excluding hydrogens is 296 g/mol. The van der Waals surface area contributed by atoms with Crippen LogP contribution in [0.2, 0.25) is 0 Å². The Balaban J connectivity index is 1.50. The summed E-state index contributed by atoms with van der Waals surface area (Å²) < 4.78 is 12.2. The molecule has 3 aromatic rings. The number of benzene rings is 2. The summed E-state index contributed by atoms with van der Waals surface area (Å²) in [5.41, 5.74) is 2.06. The number of fused-ring (bicyclic) bond motifs is 1. The highest BCUT2D eigenvalue weighted by Crippen LogP contribution is 2.32. The lowest BCUT2D eigenvalue weighted by molar-refractivity contribution is 0.102. The first kappa shape index (κ1) is 13.3. The predicted molar refractivity (Wildman–Crippen MR) is 81.9 cm³/mol. The summed E-state index contributed by atoms with van der Waals surface area (Å²) >= 11 is 0. The maximum atomic E-state index is 12.3. The van der Waals surface area contributed by atoms with Gasteiger partial charge >= 0.3 is 0 Å². The normalized spacial score (nSPS) is 12.2. The Morgan fingerprint density at radius 2 is 1.91 bits per heavy atom. The lowest BCUT2D eigenvalue weighted by atomic mass is 10.2. The summed E-state index contributed by atoms with van der Waals surface area (Å²) in [5.74, 6) is 1.02. The van der Waals surface area contributed by atoms with Crippen LogP contribution >= 0.6 is 0 Å². The maximum absolute atomic E-state index is 12.3. The molecule has 114 valence electrons. The van der Waals surface area contributed by atoms with Gasteiger partial charge in [-0.3, -0.25) is 4.79 Å². The van der Waals surface area contributed by atoms with Gasteiger partial charge in [-0.25, -0.2) is 9.67 Å². The molecule has 7 heteroatoms. The Hall–Kier alpha value is -3.35. The van der Waals surface area contributed by atoms with E-state index in [0.717, 1.165) is 5.69 Å². The van der Waals surface area contributed by atoms with Gasteiger partial charge in [0.15, 0.2) is 11.5 Å². The fourth-order valence-electron chi connectivity index (χ4n) is 2.28. The van der Waals surface area contributed by atoms with Crippen LogP contribution in [-0.2, 0) is 0 Å². The second-order valence-electron chi connectivity index (χ2n) is 4.91. The maximum Gasteiger partial charge on any atom is 0.255 e. The highest BCUT2D eigenvalue weighted by atomic mass is 16.7. The average molecular weight is 308 g/mol. The number of nitrogens with zero attached hydrogens (tertiary/aromatic N) is 3. The number of carbonyl (C=O) groups excluding carboxylic acids is 1. The standard InChI is InChI=1S/C16H12N4O3/c21-16(11-1-6-14-15(7-11)23-10-22-14)19-12-2-4-13(5-3-12)20-9-17-8-18-20/h1-9H,10H2,(H,19,21). The van der Waals surface area contributed by atoms with Gasteiger partial charge in [0.25, 0.3) is 5.91 Å². The largest absolute Gasteiger partial charge is 0.454 e. The van der Waals surface area contributed by atoms with E-state index in [4.69, 9.17) is 9.47 Å². The minimum absolute atomic E-state index is 0.185. The van der Waals surface area contributed by atoms with Gasteiger partial charge in [-0.2, -0.15) is 5.10 Å². The Kier molecular flexibility index (Phi) is 3.16. The summed E-state index contributed by atoms with van der Waals surface area (Å²) in [6.45, 7) is 0.185. The molecule has 2 aromatic carbocycles. The molecule has 1 aliphatic heterocycles. The third-order valence-corrected chi connectivity index (χ3v) is 3.44. The van der Waals surface area contributed by atoms with E-state index in [2.05, 4.69) is 15.4 Å². The lowest BCUT2D eigenvalue weighted by Crippen LogP contribution is -2.11. The van der Waals surface area contributed by atoms with Crippen molar-refractivity contribution in [2.45, 2.75) is 0 Å². The van der Waals surface area contributed by atoms with Crippen LogP contribution in [0, 0.1) is 0 Å². The molecule has 0 bridgehead atoms. The number of aromatic nitrogens is 3. The molecule has 1 aliphatic rings. The molecule has 0 atom stereocenters. The number of hydrogen-bond acceptors (Lipinski definition) is 5. The first-order chi connectivity index (χ1) is 11.3. The van der Waals surface area contributed by atoms with E-state index in [0.29, 0.717) is 22.7 Å². The first-order valence-corrected chi connectivity index (χ1v) is 6.96. The molecule has 2 heterocycles.